The van der Waals surface area contributed by atoms with E-state index in [-0.39, 0.29) is 0 Å². The minimum absolute atomic E-state index is 0.654. The van der Waals surface area contributed by atoms with Gasteiger partial charge in [0.1, 0.15) is 0 Å². The normalized spacial score (nSPS) is 10.1. The maximum atomic E-state index is 2.29. The lowest BCUT2D eigenvalue weighted by Gasteiger charge is -2.14. The van der Waals surface area contributed by atoms with E-state index < -0.39 is 0 Å². The van der Waals surface area contributed by atoms with E-state index in [2.05, 4.69) is 338 Å². The fourth-order valence-corrected chi connectivity index (χ4v) is 9.15. The number of rotatable bonds is 8. The molecule has 0 atom stereocenters. The Morgan fingerprint density at radius 3 is 0.807 bits per heavy atom. The van der Waals surface area contributed by atoms with Crippen LogP contribution in [0.15, 0.2) is 176 Å². The highest BCUT2D eigenvalue weighted by molar-refractivity contribution is 5.37. The number of hydrogen-bond donors (Lipinski definition) is 0. The standard InChI is InChI=1S/C15H24.C11H16.3C10H14.C9H12.C8H10.C7H8.C3H8/c1-11(2)9-14-7-6-8-15(13(14)5)10-12(3)4;1-9(2)8-11-7-5-4-6-10(11)3;1-7-5-8(2)10(4)9(3)6-7;2*1-8(2)10-7-5-4-6-9(10)3;1-7-5-4-6-8(2)9(7)3;1-7-5-3-4-6-8(7)2;1-7-5-3-2-4-6-7;1-3-2/h6-8,11-12H,9-10H2,1-5H3;4-7,9H,8H2,1-3H3;5-6H,1-4H3;2*4-8H,1-3H3;4-6H,1-3H3;3-6H,1-2H3;2-6H,1H3;3H2,1-2H3. The van der Waals surface area contributed by atoms with Crippen molar-refractivity contribution in [2.45, 2.75) is 218 Å². The van der Waals surface area contributed by atoms with Gasteiger partial charge in [-0.25, -0.2) is 0 Å². The smallest absolute Gasteiger partial charge is 0.0216 e. The van der Waals surface area contributed by atoms with Crippen molar-refractivity contribution in [1.29, 1.82) is 0 Å². The summed E-state index contributed by atoms with van der Waals surface area (Å²) in [5.74, 6) is 3.56. The summed E-state index contributed by atoms with van der Waals surface area (Å²) in [6, 6.07) is 61.9. The Bertz CT molecular complexity index is 2790. The Morgan fingerprint density at radius 1 is 0.241 bits per heavy atom. The van der Waals surface area contributed by atoms with Crippen LogP contribution in [0.25, 0.3) is 0 Å². The molecule has 0 heteroatoms. The van der Waals surface area contributed by atoms with Gasteiger partial charge in [-0.3, -0.25) is 0 Å². The van der Waals surface area contributed by atoms with Gasteiger partial charge in [-0.05, 0) is 240 Å². The molecule has 0 saturated heterocycles. The molecule has 0 saturated carbocycles. The molecule has 0 nitrogen and oxygen atoms in total. The Balaban J connectivity index is 0.000000926. The topological polar surface area (TPSA) is 0 Å². The van der Waals surface area contributed by atoms with Crippen molar-refractivity contribution in [3.63, 3.8) is 0 Å². The number of aryl methyl sites for hydroxylation is 11. The number of hydrogen-bond acceptors (Lipinski definition) is 0. The van der Waals surface area contributed by atoms with Gasteiger partial charge in [0, 0.05) is 0 Å². The fourth-order valence-electron chi connectivity index (χ4n) is 9.15. The first-order valence-electron chi connectivity index (χ1n) is 31.4. The summed E-state index contributed by atoms with van der Waals surface area (Å²) < 4.78 is 0. The second-order valence-corrected chi connectivity index (χ2v) is 24.9. The molecule has 0 radical (unpaired) electrons. The van der Waals surface area contributed by atoms with Crippen LogP contribution in [0.4, 0.5) is 0 Å². The molecule has 0 bridgehead atoms. The monoisotopic (exact) mass is 1120 g/mol. The molecule has 0 aromatic heterocycles. The molecule has 452 valence electrons. The van der Waals surface area contributed by atoms with E-state index in [1.54, 1.807) is 0 Å². The van der Waals surface area contributed by atoms with Crippen LogP contribution >= 0.6 is 0 Å². The lowest BCUT2D eigenvalue weighted by Crippen LogP contribution is -2.02. The molecule has 0 aliphatic carbocycles. The van der Waals surface area contributed by atoms with Gasteiger partial charge in [0.15, 0.2) is 0 Å². The van der Waals surface area contributed by atoms with Crippen LogP contribution in [-0.2, 0) is 19.3 Å². The van der Waals surface area contributed by atoms with E-state index in [0.29, 0.717) is 11.8 Å². The highest BCUT2D eigenvalue weighted by atomic mass is 14.1. The minimum Gasteiger partial charge on any atom is -0.0656 e. The van der Waals surface area contributed by atoms with Crippen LogP contribution in [0.3, 0.4) is 0 Å². The van der Waals surface area contributed by atoms with Crippen LogP contribution in [0.5, 0.6) is 0 Å². The van der Waals surface area contributed by atoms with Gasteiger partial charge in [0.25, 0.3) is 0 Å². The zero-order valence-electron chi connectivity index (χ0n) is 58.0. The first kappa shape index (κ1) is 76.8. The van der Waals surface area contributed by atoms with Gasteiger partial charge < -0.3 is 0 Å². The Kier molecular flexibility index (Phi) is 40.1. The summed E-state index contributed by atoms with van der Waals surface area (Å²) in [5.41, 5.74) is 27.0. The van der Waals surface area contributed by atoms with Crippen LogP contribution in [-0.4, -0.2) is 0 Å². The largest absolute Gasteiger partial charge is 0.0656 e. The van der Waals surface area contributed by atoms with E-state index in [0.717, 1.165) is 17.8 Å². The number of benzene rings is 8. The molecule has 0 fully saturated rings. The molecule has 8 aromatic rings. The third kappa shape index (κ3) is 34.2. The first-order chi connectivity index (χ1) is 39.1. The van der Waals surface area contributed by atoms with Crippen LogP contribution in [0, 0.1) is 115 Å². The van der Waals surface area contributed by atoms with Crippen molar-refractivity contribution in [2.75, 3.05) is 0 Å². The average Bonchev–Trinajstić information content (AvgIpc) is 3.42. The minimum atomic E-state index is 0.654. The van der Waals surface area contributed by atoms with Crippen molar-refractivity contribution in [1.82, 2.24) is 0 Å². The molecular formula is C83H120. The van der Waals surface area contributed by atoms with Crippen molar-refractivity contribution >= 4 is 0 Å². The predicted molar refractivity (Wildman–Crippen MR) is 378 cm³/mol. The molecule has 8 aromatic carbocycles. The lowest BCUT2D eigenvalue weighted by atomic mass is 9.92. The predicted octanol–water partition coefficient (Wildman–Crippen LogP) is 25.1. The molecule has 8 rings (SSSR count). The maximum absolute atomic E-state index is 2.29. The SMILES string of the molecule is CCC.Cc1c(CC(C)C)cccc1CC(C)C.Cc1cc(C)c(C)c(C)c1.Cc1cccc(C)c1C.Cc1ccccc1.Cc1ccccc1C.Cc1ccccc1C(C)C.Cc1ccccc1C(C)C.Cc1ccccc1CC(C)C. The van der Waals surface area contributed by atoms with Gasteiger partial charge in [-0.1, -0.05) is 277 Å². The zero-order chi connectivity index (χ0) is 63.2. The molecule has 83 heavy (non-hydrogen) atoms. The highest BCUT2D eigenvalue weighted by Crippen LogP contribution is 2.21. The summed E-state index contributed by atoms with van der Waals surface area (Å²) in [6.07, 6.45) is 4.86. The summed E-state index contributed by atoms with van der Waals surface area (Å²) in [7, 11) is 0. The molecule has 0 heterocycles. The summed E-state index contributed by atoms with van der Waals surface area (Å²) in [5, 5.41) is 0. The molecular weight excluding hydrogens is 997 g/mol. The molecule has 0 amide bonds. The molecule has 0 unspecified atom stereocenters. The zero-order valence-corrected chi connectivity index (χ0v) is 58.0. The average molecular weight is 1120 g/mol. The van der Waals surface area contributed by atoms with E-state index in [4.69, 9.17) is 0 Å². The Hall–Kier alpha value is -6.24. The fraction of sp³-hybridized carbons (Fsp3) is 0.422. The highest BCUT2D eigenvalue weighted by Gasteiger charge is 2.07. The molecule has 0 aliphatic heterocycles. The Labute approximate surface area is 514 Å². The first-order valence-corrected chi connectivity index (χ1v) is 31.4. The van der Waals surface area contributed by atoms with Crippen molar-refractivity contribution < 1.29 is 0 Å². The Morgan fingerprint density at radius 2 is 0.518 bits per heavy atom. The summed E-state index contributed by atoms with van der Waals surface area (Å²) in [4.78, 5) is 0. The maximum Gasteiger partial charge on any atom is -0.0216 e. The van der Waals surface area contributed by atoms with Gasteiger partial charge in [0.2, 0.25) is 0 Å². The van der Waals surface area contributed by atoms with Crippen LogP contribution < -0.4 is 0 Å². The van der Waals surface area contributed by atoms with Crippen molar-refractivity contribution in [2.24, 2.45) is 17.8 Å². The lowest BCUT2D eigenvalue weighted by molar-refractivity contribution is 0.631. The quantitative estimate of drug-likeness (QED) is 0.142. The van der Waals surface area contributed by atoms with Gasteiger partial charge in [0.05, 0.1) is 0 Å². The third-order valence-electron chi connectivity index (χ3n) is 14.6. The summed E-state index contributed by atoms with van der Waals surface area (Å²) in [6.45, 7) is 57.0. The molecule has 0 spiro atoms. The van der Waals surface area contributed by atoms with Crippen molar-refractivity contribution in [3.05, 3.63) is 282 Å². The van der Waals surface area contributed by atoms with E-state index in [1.165, 1.54) is 131 Å². The second kappa shape index (κ2) is 43.4. The summed E-state index contributed by atoms with van der Waals surface area (Å²) >= 11 is 0. The molecule has 0 aliphatic rings. The van der Waals surface area contributed by atoms with Crippen LogP contribution in [0.2, 0.25) is 0 Å². The van der Waals surface area contributed by atoms with Gasteiger partial charge in [-0.2, -0.15) is 0 Å². The van der Waals surface area contributed by atoms with Gasteiger partial charge >= 0.3 is 0 Å². The van der Waals surface area contributed by atoms with E-state index in [9.17, 15) is 0 Å². The van der Waals surface area contributed by atoms with E-state index >= 15 is 0 Å². The van der Waals surface area contributed by atoms with Crippen molar-refractivity contribution in [3.8, 4) is 0 Å². The van der Waals surface area contributed by atoms with Crippen LogP contribution in [0.1, 0.15) is 207 Å². The third-order valence-corrected chi connectivity index (χ3v) is 14.6. The van der Waals surface area contributed by atoms with E-state index in [1.807, 2.05) is 18.2 Å². The second-order valence-electron chi connectivity index (χ2n) is 24.9. The molecule has 0 N–H and O–H groups in total. The van der Waals surface area contributed by atoms with Gasteiger partial charge in [-0.15, -0.1) is 0 Å².